The van der Waals surface area contributed by atoms with Crippen LogP contribution in [-0.2, 0) is 4.74 Å². The van der Waals surface area contributed by atoms with Gasteiger partial charge in [-0.05, 0) is 34.1 Å². The van der Waals surface area contributed by atoms with Crippen molar-refractivity contribution in [2.75, 3.05) is 33.4 Å². The van der Waals surface area contributed by atoms with Gasteiger partial charge >= 0.3 is 0 Å². The average Bonchev–Trinajstić information content (AvgIpc) is 2.34. The summed E-state index contributed by atoms with van der Waals surface area (Å²) in [5.41, 5.74) is 7.02. The van der Waals surface area contributed by atoms with Gasteiger partial charge in [0, 0.05) is 43.1 Å². The normalized spacial score (nSPS) is 13.0. The molecule has 1 heterocycles. The summed E-state index contributed by atoms with van der Waals surface area (Å²) < 4.78 is 6.10. The molecule has 5 heteroatoms. The fourth-order valence-electron chi connectivity index (χ4n) is 1.85. The lowest BCUT2D eigenvalue weighted by atomic mass is 10.1. The molecule has 1 aromatic heterocycles. The van der Waals surface area contributed by atoms with Crippen LogP contribution in [0.5, 0.6) is 0 Å². The number of hydrogen-bond acceptors (Lipinski definition) is 4. The number of aromatic nitrogens is 1. The monoisotopic (exact) mass is 301 g/mol. The van der Waals surface area contributed by atoms with Crippen LogP contribution in [0.2, 0.25) is 0 Å². The van der Waals surface area contributed by atoms with Gasteiger partial charge < -0.3 is 10.5 Å². The number of halogens is 1. The van der Waals surface area contributed by atoms with Gasteiger partial charge in [-0.25, -0.2) is 0 Å². The highest BCUT2D eigenvalue weighted by atomic mass is 79.9. The van der Waals surface area contributed by atoms with E-state index in [0.29, 0.717) is 13.2 Å². The molecule has 0 bridgehead atoms. The second-order valence-corrected chi connectivity index (χ2v) is 4.73. The standard InChI is InChI=1S/C12H20BrN3O/c1-3-16(4-5-17-2)12(7-14)10-6-11(13)9-15-8-10/h6,8-9,12H,3-5,7,14H2,1-2H3. The lowest BCUT2D eigenvalue weighted by molar-refractivity contribution is 0.125. The summed E-state index contributed by atoms with van der Waals surface area (Å²) in [5, 5.41) is 0. The van der Waals surface area contributed by atoms with E-state index in [1.165, 1.54) is 0 Å². The molecule has 0 radical (unpaired) electrons. The van der Waals surface area contributed by atoms with Crippen LogP contribution in [0, 0.1) is 0 Å². The SMILES string of the molecule is CCN(CCOC)C(CN)c1cncc(Br)c1. The van der Waals surface area contributed by atoms with Crippen molar-refractivity contribution in [3.8, 4) is 0 Å². The Morgan fingerprint density at radius 1 is 1.53 bits per heavy atom. The highest BCUT2D eigenvalue weighted by molar-refractivity contribution is 9.10. The highest BCUT2D eigenvalue weighted by Crippen LogP contribution is 2.21. The molecule has 0 aliphatic rings. The van der Waals surface area contributed by atoms with Crippen LogP contribution in [0.4, 0.5) is 0 Å². The van der Waals surface area contributed by atoms with E-state index >= 15 is 0 Å². The summed E-state index contributed by atoms with van der Waals surface area (Å²) in [7, 11) is 1.71. The molecule has 1 aromatic rings. The third-order valence-electron chi connectivity index (χ3n) is 2.76. The molecule has 0 spiro atoms. The van der Waals surface area contributed by atoms with Crippen LogP contribution >= 0.6 is 15.9 Å². The van der Waals surface area contributed by atoms with Gasteiger partial charge in [-0.1, -0.05) is 6.92 Å². The number of rotatable bonds is 7. The second-order valence-electron chi connectivity index (χ2n) is 3.81. The molecule has 4 nitrogen and oxygen atoms in total. The second kappa shape index (κ2) is 7.76. The molecule has 0 aliphatic carbocycles. The van der Waals surface area contributed by atoms with Gasteiger partial charge in [0.05, 0.1) is 6.61 Å². The molecule has 0 saturated heterocycles. The Bertz CT molecular complexity index is 335. The first-order valence-corrected chi connectivity index (χ1v) is 6.55. The van der Waals surface area contributed by atoms with E-state index < -0.39 is 0 Å². The molecule has 2 N–H and O–H groups in total. The number of ether oxygens (including phenoxy) is 1. The van der Waals surface area contributed by atoms with Crippen LogP contribution in [0.25, 0.3) is 0 Å². The first-order valence-electron chi connectivity index (χ1n) is 5.76. The minimum Gasteiger partial charge on any atom is -0.383 e. The molecular formula is C12H20BrN3O. The third-order valence-corrected chi connectivity index (χ3v) is 3.20. The lowest BCUT2D eigenvalue weighted by Crippen LogP contribution is -2.36. The van der Waals surface area contributed by atoms with Crippen LogP contribution in [0.3, 0.4) is 0 Å². The van der Waals surface area contributed by atoms with E-state index in [9.17, 15) is 0 Å². The maximum Gasteiger partial charge on any atom is 0.0589 e. The van der Waals surface area contributed by atoms with Crippen molar-refractivity contribution >= 4 is 15.9 Å². The van der Waals surface area contributed by atoms with Gasteiger partial charge in [-0.3, -0.25) is 9.88 Å². The van der Waals surface area contributed by atoms with Gasteiger partial charge in [-0.15, -0.1) is 0 Å². The predicted molar refractivity (Wildman–Crippen MR) is 72.9 cm³/mol. The maximum atomic E-state index is 5.88. The Kier molecular flexibility index (Phi) is 6.65. The molecule has 17 heavy (non-hydrogen) atoms. The van der Waals surface area contributed by atoms with Crippen molar-refractivity contribution < 1.29 is 4.74 Å². The minimum absolute atomic E-state index is 0.195. The zero-order valence-electron chi connectivity index (χ0n) is 10.4. The largest absolute Gasteiger partial charge is 0.383 e. The third kappa shape index (κ3) is 4.35. The van der Waals surface area contributed by atoms with E-state index in [1.54, 1.807) is 13.3 Å². The molecule has 1 rings (SSSR count). The first kappa shape index (κ1) is 14.6. The fourth-order valence-corrected chi connectivity index (χ4v) is 2.23. The average molecular weight is 302 g/mol. The van der Waals surface area contributed by atoms with Crippen LogP contribution in [0.15, 0.2) is 22.9 Å². The van der Waals surface area contributed by atoms with E-state index in [-0.39, 0.29) is 6.04 Å². The molecule has 1 unspecified atom stereocenters. The molecule has 0 amide bonds. The zero-order valence-corrected chi connectivity index (χ0v) is 12.0. The molecule has 0 aliphatic heterocycles. The summed E-state index contributed by atoms with van der Waals surface area (Å²) in [6.45, 7) is 5.24. The highest BCUT2D eigenvalue weighted by Gasteiger charge is 2.17. The van der Waals surface area contributed by atoms with Crippen molar-refractivity contribution in [3.05, 3.63) is 28.5 Å². The summed E-state index contributed by atoms with van der Waals surface area (Å²) in [6, 6.07) is 2.26. The number of pyridine rings is 1. The number of hydrogen-bond donors (Lipinski definition) is 1. The Labute approximate surface area is 111 Å². The van der Waals surface area contributed by atoms with Gasteiger partial charge in [0.25, 0.3) is 0 Å². The summed E-state index contributed by atoms with van der Waals surface area (Å²) in [4.78, 5) is 6.49. The van der Waals surface area contributed by atoms with E-state index in [2.05, 4.69) is 38.8 Å². The molecule has 0 aromatic carbocycles. The Morgan fingerprint density at radius 3 is 2.82 bits per heavy atom. The van der Waals surface area contributed by atoms with Gasteiger partial charge in [-0.2, -0.15) is 0 Å². The van der Waals surface area contributed by atoms with Crippen molar-refractivity contribution in [1.82, 2.24) is 9.88 Å². The number of nitrogens with two attached hydrogens (primary N) is 1. The predicted octanol–water partition coefficient (Wildman–Crippen LogP) is 1.81. The summed E-state index contributed by atoms with van der Waals surface area (Å²) in [5.74, 6) is 0. The zero-order chi connectivity index (χ0) is 12.7. The van der Waals surface area contributed by atoms with Crippen molar-refractivity contribution in [2.24, 2.45) is 5.73 Å². The number of likely N-dealkylation sites (N-methyl/N-ethyl adjacent to an activating group) is 1. The van der Waals surface area contributed by atoms with Crippen molar-refractivity contribution in [3.63, 3.8) is 0 Å². The fraction of sp³-hybridized carbons (Fsp3) is 0.583. The smallest absolute Gasteiger partial charge is 0.0589 e. The van der Waals surface area contributed by atoms with Crippen LogP contribution in [-0.4, -0.2) is 43.2 Å². The maximum absolute atomic E-state index is 5.88. The number of nitrogens with zero attached hydrogens (tertiary/aromatic N) is 2. The molecular weight excluding hydrogens is 282 g/mol. The minimum atomic E-state index is 0.195. The first-order chi connectivity index (χ1) is 8.22. The quantitative estimate of drug-likeness (QED) is 0.834. The Morgan fingerprint density at radius 2 is 2.29 bits per heavy atom. The van der Waals surface area contributed by atoms with Crippen LogP contribution in [0.1, 0.15) is 18.5 Å². The van der Waals surface area contributed by atoms with E-state index in [0.717, 1.165) is 23.1 Å². The van der Waals surface area contributed by atoms with Crippen LogP contribution < -0.4 is 5.73 Å². The molecule has 0 saturated carbocycles. The molecule has 0 fully saturated rings. The molecule has 1 atom stereocenters. The van der Waals surface area contributed by atoms with Gasteiger partial charge in [0.15, 0.2) is 0 Å². The van der Waals surface area contributed by atoms with Gasteiger partial charge in [0.2, 0.25) is 0 Å². The summed E-state index contributed by atoms with van der Waals surface area (Å²) in [6.07, 6.45) is 3.65. The van der Waals surface area contributed by atoms with Crippen molar-refractivity contribution in [2.45, 2.75) is 13.0 Å². The topological polar surface area (TPSA) is 51.4 Å². The Balaban J connectivity index is 2.81. The van der Waals surface area contributed by atoms with Crippen molar-refractivity contribution in [1.29, 1.82) is 0 Å². The van der Waals surface area contributed by atoms with E-state index in [1.807, 2.05) is 6.20 Å². The summed E-state index contributed by atoms with van der Waals surface area (Å²) >= 11 is 3.44. The Hall–Kier alpha value is -0.490. The van der Waals surface area contributed by atoms with E-state index in [4.69, 9.17) is 10.5 Å². The van der Waals surface area contributed by atoms with Gasteiger partial charge in [0.1, 0.15) is 0 Å². The lowest BCUT2D eigenvalue weighted by Gasteiger charge is -2.29. The molecule has 96 valence electrons. The number of methoxy groups -OCH3 is 1.